The van der Waals surface area contributed by atoms with Gasteiger partial charge >= 0.3 is 0 Å². The van der Waals surface area contributed by atoms with Crippen LogP contribution in [-0.2, 0) is 12.8 Å². The van der Waals surface area contributed by atoms with E-state index in [4.69, 9.17) is 4.74 Å². The number of rotatable bonds is 5. The zero-order valence-electron chi connectivity index (χ0n) is 12.8. The summed E-state index contributed by atoms with van der Waals surface area (Å²) in [6, 6.07) is 7.04. The fourth-order valence-electron chi connectivity index (χ4n) is 3.09. The molecule has 112 valence electrons. The first-order chi connectivity index (χ1) is 9.15. The third-order valence-electron chi connectivity index (χ3n) is 4.03. The molecule has 0 radical (unpaired) electrons. The van der Waals surface area contributed by atoms with E-state index in [-0.39, 0.29) is 12.4 Å². The third kappa shape index (κ3) is 3.77. The van der Waals surface area contributed by atoms with E-state index in [0.29, 0.717) is 6.04 Å². The third-order valence-corrected chi connectivity index (χ3v) is 4.03. The smallest absolute Gasteiger partial charge is 0.122 e. The van der Waals surface area contributed by atoms with Gasteiger partial charge in [-0.3, -0.25) is 4.90 Å². The topological polar surface area (TPSA) is 12.5 Å². The fraction of sp³-hybridized carbons (Fsp3) is 0.529. The molecule has 1 aromatic carbocycles. The number of benzene rings is 1. The van der Waals surface area contributed by atoms with Crippen molar-refractivity contribution in [2.24, 2.45) is 0 Å². The Balaban J connectivity index is 0.00000200. The largest absolute Gasteiger partial charge is 0.496 e. The fourth-order valence-corrected chi connectivity index (χ4v) is 3.09. The Hall–Kier alpha value is -0.990. The van der Waals surface area contributed by atoms with Crippen LogP contribution < -0.4 is 4.74 Å². The summed E-state index contributed by atoms with van der Waals surface area (Å²) in [4.78, 5) is 2.54. The van der Waals surface area contributed by atoms with Crippen LogP contribution in [0.3, 0.4) is 0 Å². The van der Waals surface area contributed by atoms with E-state index in [2.05, 4.69) is 43.5 Å². The molecule has 0 saturated heterocycles. The predicted molar refractivity (Wildman–Crippen MR) is 88.1 cm³/mol. The molecule has 0 aromatic heterocycles. The number of ether oxygens (including phenoxy) is 1. The van der Waals surface area contributed by atoms with Gasteiger partial charge in [0.05, 0.1) is 7.11 Å². The van der Waals surface area contributed by atoms with Crippen molar-refractivity contribution < 1.29 is 4.74 Å². The molecule has 3 heteroatoms. The first-order valence-electron chi connectivity index (χ1n) is 7.18. The van der Waals surface area contributed by atoms with Gasteiger partial charge in [0.2, 0.25) is 0 Å². The second-order valence-corrected chi connectivity index (χ2v) is 5.51. The van der Waals surface area contributed by atoms with Crippen molar-refractivity contribution in [2.45, 2.75) is 39.2 Å². The Kier molecular flexibility index (Phi) is 6.57. The highest BCUT2D eigenvalue weighted by Crippen LogP contribution is 2.31. The lowest BCUT2D eigenvalue weighted by molar-refractivity contribution is 0.203. The normalized spacial score (nSPS) is 17.3. The van der Waals surface area contributed by atoms with E-state index in [1.165, 1.54) is 23.1 Å². The second-order valence-electron chi connectivity index (χ2n) is 5.51. The molecule has 0 N–H and O–H groups in total. The lowest BCUT2D eigenvalue weighted by Gasteiger charge is -2.35. The number of methoxy groups -OCH3 is 1. The molecule has 1 aliphatic carbocycles. The summed E-state index contributed by atoms with van der Waals surface area (Å²) < 4.78 is 5.52. The van der Waals surface area contributed by atoms with Crippen molar-refractivity contribution in [1.82, 2.24) is 4.90 Å². The van der Waals surface area contributed by atoms with E-state index in [0.717, 1.165) is 31.7 Å². The molecule has 1 aliphatic rings. The molecule has 0 fully saturated rings. The van der Waals surface area contributed by atoms with Gasteiger partial charge < -0.3 is 4.74 Å². The van der Waals surface area contributed by atoms with Gasteiger partial charge in [-0.1, -0.05) is 31.2 Å². The quantitative estimate of drug-likeness (QED) is 0.765. The van der Waals surface area contributed by atoms with Crippen LogP contribution in [0.15, 0.2) is 30.4 Å². The van der Waals surface area contributed by atoms with Crippen LogP contribution >= 0.6 is 12.4 Å². The van der Waals surface area contributed by atoms with Gasteiger partial charge in [-0.05, 0) is 49.9 Å². The van der Waals surface area contributed by atoms with Crippen molar-refractivity contribution in [1.29, 1.82) is 0 Å². The summed E-state index contributed by atoms with van der Waals surface area (Å²) in [6.45, 7) is 10.5. The average Bonchev–Trinajstić information content (AvgIpc) is 2.43. The standard InChI is InChI=1S/C17H25NO.ClH/c1-5-18(12-13(2)3)15-10-9-14-7-6-8-17(19-4)16(14)11-15;/h6-8,15H,2,5,9-12H2,1,3-4H3;1H. The minimum absolute atomic E-state index is 0. The van der Waals surface area contributed by atoms with E-state index < -0.39 is 0 Å². The van der Waals surface area contributed by atoms with Gasteiger partial charge in [0.1, 0.15) is 5.75 Å². The first kappa shape index (κ1) is 17.1. The average molecular weight is 296 g/mol. The van der Waals surface area contributed by atoms with Crippen molar-refractivity contribution in [2.75, 3.05) is 20.2 Å². The number of nitrogens with zero attached hydrogens (tertiary/aromatic N) is 1. The lowest BCUT2D eigenvalue weighted by atomic mass is 9.86. The SMILES string of the molecule is C=C(C)CN(CC)C1CCc2cccc(OC)c2C1.Cl. The Morgan fingerprint density at radius 1 is 1.45 bits per heavy atom. The van der Waals surface area contributed by atoms with Gasteiger partial charge in [-0.25, -0.2) is 0 Å². The molecule has 0 bridgehead atoms. The summed E-state index contributed by atoms with van der Waals surface area (Å²) in [5.41, 5.74) is 4.11. The van der Waals surface area contributed by atoms with Crippen LogP contribution in [0.2, 0.25) is 0 Å². The predicted octanol–water partition coefficient (Wildman–Crippen LogP) is 3.87. The summed E-state index contributed by atoms with van der Waals surface area (Å²) in [7, 11) is 1.77. The summed E-state index contributed by atoms with van der Waals surface area (Å²) in [5, 5.41) is 0. The zero-order valence-corrected chi connectivity index (χ0v) is 13.6. The Morgan fingerprint density at radius 2 is 2.20 bits per heavy atom. The second kappa shape index (κ2) is 7.70. The van der Waals surface area contributed by atoms with Crippen molar-refractivity contribution in [3.8, 4) is 5.75 Å². The molecule has 0 amide bonds. The number of fused-ring (bicyclic) bond motifs is 1. The Morgan fingerprint density at radius 3 is 2.80 bits per heavy atom. The van der Waals surface area contributed by atoms with Gasteiger partial charge in [-0.15, -0.1) is 12.4 Å². The molecule has 0 aliphatic heterocycles. The highest BCUT2D eigenvalue weighted by atomic mass is 35.5. The van der Waals surface area contributed by atoms with Crippen LogP contribution in [0, 0.1) is 0 Å². The molecule has 0 heterocycles. The number of hydrogen-bond donors (Lipinski definition) is 0. The molecular formula is C17H26ClNO. The number of hydrogen-bond acceptors (Lipinski definition) is 2. The molecule has 0 saturated carbocycles. The number of halogens is 1. The molecule has 1 atom stereocenters. The van der Waals surface area contributed by atoms with Crippen LogP contribution in [-0.4, -0.2) is 31.1 Å². The van der Waals surface area contributed by atoms with Crippen molar-refractivity contribution in [3.63, 3.8) is 0 Å². The minimum Gasteiger partial charge on any atom is -0.496 e. The van der Waals surface area contributed by atoms with Crippen LogP contribution in [0.25, 0.3) is 0 Å². The maximum absolute atomic E-state index is 5.52. The van der Waals surface area contributed by atoms with Crippen LogP contribution in [0.5, 0.6) is 5.75 Å². The minimum atomic E-state index is 0. The number of aryl methyl sites for hydroxylation is 1. The van der Waals surface area contributed by atoms with E-state index in [1.54, 1.807) is 7.11 Å². The summed E-state index contributed by atoms with van der Waals surface area (Å²) in [6.07, 6.45) is 3.49. The van der Waals surface area contributed by atoms with Crippen molar-refractivity contribution in [3.05, 3.63) is 41.5 Å². The molecule has 20 heavy (non-hydrogen) atoms. The van der Waals surface area contributed by atoms with Gasteiger partial charge in [0.25, 0.3) is 0 Å². The van der Waals surface area contributed by atoms with E-state index in [9.17, 15) is 0 Å². The maximum Gasteiger partial charge on any atom is 0.122 e. The van der Waals surface area contributed by atoms with Gasteiger partial charge in [-0.2, -0.15) is 0 Å². The molecule has 2 rings (SSSR count). The molecule has 2 nitrogen and oxygen atoms in total. The van der Waals surface area contributed by atoms with E-state index >= 15 is 0 Å². The molecule has 1 unspecified atom stereocenters. The first-order valence-corrected chi connectivity index (χ1v) is 7.18. The number of likely N-dealkylation sites (N-methyl/N-ethyl adjacent to an activating group) is 1. The molecule has 1 aromatic rings. The Labute approximate surface area is 129 Å². The van der Waals surface area contributed by atoms with Crippen LogP contribution in [0.4, 0.5) is 0 Å². The zero-order chi connectivity index (χ0) is 13.8. The Bertz CT molecular complexity index is 444. The van der Waals surface area contributed by atoms with Crippen molar-refractivity contribution >= 4 is 12.4 Å². The van der Waals surface area contributed by atoms with E-state index in [1.807, 2.05) is 0 Å². The maximum atomic E-state index is 5.52. The molecular weight excluding hydrogens is 270 g/mol. The van der Waals surface area contributed by atoms with Gasteiger partial charge in [0.15, 0.2) is 0 Å². The summed E-state index contributed by atoms with van der Waals surface area (Å²) >= 11 is 0. The lowest BCUT2D eigenvalue weighted by Crippen LogP contribution is -2.40. The molecule has 0 spiro atoms. The summed E-state index contributed by atoms with van der Waals surface area (Å²) in [5.74, 6) is 1.05. The van der Waals surface area contributed by atoms with Gasteiger partial charge in [0, 0.05) is 12.6 Å². The monoisotopic (exact) mass is 295 g/mol. The van der Waals surface area contributed by atoms with Crippen LogP contribution in [0.1, 0.15) is 31.4 Å². The highest BCUT2D eigenvalue weighted by Gasteiger charge is 2.25. The highest BCUT2D eigenvalue weighted by molar-refractivity contribution is 5.85.